The third kappa shape index (κ3) is 10.1. The molecular weight excluding hydrogens is 638 g/mol. The highest BCUT2D eigenvalue weighted by Crippen LogP contribution is 2.44. The highest BCUT2D eigenvalue weighted by atomic mass is 16.5. The minimum Gasteiger partial charge on any atom is -0.504 e. The van der Waals surface area contributed by atoms with Gasteiger partial charge in [0.05, 0.1) is 31.4 Å². The summed E-state index contributed by atoms with van der Waals surface area (Å²) in [6.45, 7) is 6.32. The molecule has 0 radical (unpaired) electrons. The van der Waals surface area contributed by atoms with E-state index in [1.54, 1.807) is 12.1 Å². The zero-order valence-corrected chi connectivity index (χ0v) is 30.6. The molecule has 2 aliphatic carbocycles. The van der Waals surface area contributed by atoms with Crippen molar-refractivity contribution in [3.05, 3.63) is 82.7 Å². The first-order valence-corrected chi connectivity index (χ1v) is 19.0. The van der Waals surface area contributed by atoms with E-state index in [-0.39, 0.29) is 59.7 Å². The maximum atomic E-state index is 14.4. The number of aliphatic hydroxyl groups excluding tert-OH is 1. The predicted molar refractivity (Wildman–Crippen MR) is 202 cm³/mol. The van der Waals surface area contributed by atoms with E-state index in [1.807, 2.05) is 36.4 Å². The number of Topliss-reactive ketones (excluding diaryl/α,β-unsaturated/α-hetero) is 2. The minimum atomic E-state index is -0.537. The van der Waals surface area contributed by atoms with Crippen molar-refractivity contribution in [2.45, 2.75) is 90.1 Å². The van der Waals surface area contributed by atoms with E-state index in [0.29, 0.717) is 43.9 Å². The molecule has 0 saturated heterocycles. The summed E-state index contributed by atoms with van der Waals surface area (Å²) < 4.78 is 5.46. The number of allylic oxidation sites excluding steroid dienone is 2. The lowest BCUT2D eigenvalue weighted by Crippen LogP contribution is -2.38. The molecule has 8 nitrogen and oxygen atoms in total. The van der Waals surface area contributed by atoms with Crippen molar-refractivity contribution in [3.8, 4) is 23.3 Å². The van der Waals surface area contributed by atoms with Crippen LogP contribution in [-0.4, -0.2) is 54.6 Å². The number of ether oxygens (including phenoxy) is 1. The Bertz CT molecular complexity index is 1620. The molecule has 3 aliphatic rings. The fourth-order valence-electron chi connectivity index (χ4n) is 8.54. The van der Waals surface area contributed by atoms with Crippen LogP contribution >= 0.6 is 0 Å². The van der Waals surface area contributed by atoms with Crippen molar-refractivity contribution >= 4 is 11.6 Å². The van der Waals surface area contributed by atoms with Gasteiger partial charge >= 0.3 is 0 Å². The molecule has 2 aromatic rings. The van der Waals surface area contributed by atoms with Crippen molar-refractivity contribution < 1.29 is 24.5 Å². The van der Waals surface area contributed by atoms with E-state index in [1.165, 1.54) is 12.7 Å². The van der Waals surface area contributed by atoms with Crippen LogP contribution in [0.1, 0.15) is 94.2 Å². The van der Waals surface area contributed by atoms with Crippen LogP contribution in [0.15, 0.2) is 66.0 Å². The summed E-state index contributed by atoms with van der Waals surface area (Å²) in [5.74, 6) is 7.43. The first kappa shape index (κ1) is 38.2. The fraction of sp³-hybridized carbons (Fsp3) is 0.535. The number of hydrogen-bond acceptors (Lipinski definition) is 8. The van der Waals surface area contributed by atoms with Gasteiger partial charge in [0.2, 0.25) is 0 Å². The Hall–Kier alpha value is -4.06. The van der Waals surface area contributed by atoms with Crippen molar-refractivity contribution in [1.29, 1.82) is 0 Å². The molecule has 274 valence electrons. The number of hydrogen-bond donors (Lipinski definition) is 5. The maximum Gasteiger partial charge on any atom is 0.160 e. The summed E-state index contributed by atoms with van der Waals surface area (Å²) >= 11 is 0. The van der Waals surface area contributed by atoms with E-state index in [2.05, 4.69) is 42.4 Å². The van der Waals surface area contributed by atoms with Gasteiger partial charge in [0.15, 0.2) is 11.5 Å². The molecule has 0 spiro atoms. The molecule has 1 saturated carbocycles. The average Bonchev–Trinajstić information content (AvgIpc) is 3.29. The molecule has 5 rings (SSSR count). The van der Waals surface area contributed by atoms with Crippen LogP contribution in [0.2, 0.25) is 0 Å². The Morgan fingerprint density at radius 1 is 1.06 bits per heavy atom. The number of ketones is 2. The first-order chi connectivity index (χ1) is 24.7. The number of aromatic hydroxyl groups is 1. The number of phenols is 1. The van der Waals surface area contributed by atoms with Crippen molar-refractivity contribution in [2.24, 2.45) is 35.3 Å². The van der Waals surface area contributed by atoms with Gasteiger partial charge < -0.3 is 31.3 Å². The number of aryl methyl sites for hydroxylation is 1. The largest absolute Gasteiger partial charge is 0.504 e. The SMILES string of the molecule is CCCNC[C@H](O)[C@H](CCC)[C@H]1C[C@H](CC2=CCNC(N)=C2)C[C@H]2C#C[C@H](c3ccccc3)c3cc(O)c(OC)cc3CCC(=O)CC(=O)[C@@H]2C1. The van der Waals surface area contributed by atoms with E-state index in [4.69, 9.17) is 10.5 Å². The number of carbonyl (C=O) groups excluding carboxylic acids is 2. The number of benzene rings is 2. The Morgan fingerprint density at radius 3 is 2.59 bits per heavy atom. The van der Waals surface area contributed by atoms with Gasteiger partial charge in [-0.2, -0.15) is 0 Å². The monoisotopic (exact) mass is 695 g/mol. The van der Waals surface area contributed by atoms with Gasteiger partial charge in [0, 0.05) is 31.3 Å². The summed E-state index contributed by atoms with van der Waals surface area (Å²) in [4.78, 5) is 27.9. The van der Waals surface area contributed by atoms with Gasteiger partial charge in [-0.1, -0.05) is 68.5 Å². The number of nitrogens with one attached hydrogen (secondary N) is 2. The topological polar surface area (TPSA) is 134 Å². The zero-order valence-electron chi connectivity index (χ0n) is 30.6. The standard InChI is InChI=1S/C43H57N3O5/c1-4-9-36(41(50)27-45-17-5-2)33-21-29(19-28-16-18-46-43(44)22-28)20-31-13-15-35(30-10-7-6-8-11-30)37-26-40(49)42(51-3)24-32(37)12-14-34(47)25-39(48)38(31)23-33/h6-8,10-11,16,22,24,26,29,31,33,35-36,38,41,45-46,49-50H,4-5,9,12,14,17-21,23,25,27,44H2,1-3H3/t29-,31-,33+,35-,36-,38-,41+/m1/s1. The number of methoxy groups -OCH3 is 1. The third-order valence-electron chi connectivity index (χ3n) is 11.1. The molecular formula is C43H57N3O5. The molecule has 1 heterocycles. The Kier molecular flexibility index (Phi) is 13.8. The molecule has 0 unspecified atom stereocenters. The number of nitrogens with two attached hydrogens (primary N) is 1. The van der Waals surface area contributed by atoms with Gasteiger partial charge in [-0.25, -0.2) is 0 Å². The average molecular weight is 696 g/mol. The van der Waals surface area contributed by atoms with Crippen molar-refractivity contribution in [3.63, 3.8) is 0 Å². The predicted octanol–water partition coefficient (Wildman–Crippen LogP) is 6.16. The lowest BCUT2D eigenvalue weighted by molar-refractivity contribution is -0.130. The quantitative estimate of drug-likeness (QED) is 0.101. The Morgan fingerprint density at radius 2 is 1.86 bits per heavy atom. The highest BCUT2D eigenvalue weighted by Gasteiger charge is 2.41. The van der Waals surface area contributed by atoms with Crippen LogP contribution in [-0.2, 0) is 16.0 Å². The fourth-order valence-corrected chi connectivity index (χ4v) is 8.54. The molecule has 8 heteroatoms. The number of dihydropyridines is 1. The molecule has 0 amide bonds. The van der Waals surface area contributed by atoms with Crippen LogP contribution in [0, 0.1) is 41.4 Å². The number of fused-ring (bicyclic) bond motifs is 2. The molecule has 51 heavy (non-hydrogen) atoms. The second-order valence-corrected chi connectivity index (χ2v) is 14.8. The maximum absolute atomic E-state index is 14.4. The van der Waals surface area contributed by atoms with E-state index in [0.717, 1.165) is 55.3 Å². The van der Waals surface area contributed by atoms with Gasteiger partial charge in [-0.15, -0.1) is 0 Å². The van der Waals surface area contributed by atoms with Crippen LogP contribution in [0.25, 0.3) is 0 Å². The Labute approximate surface area is 304 Å². The molecule has 0 bridgehead atoms. The van der Waals surface area contributed by atoms with Crippen LogP contribution in [0.4, 0.5) is 0 Å². The smallest absolute Gasteiger partial charge is 0.160 e. The number of carbonyl (C=O) groups is 2. The highest BCUT2D eigenvalue weighted by molar-refractivity contribution is 6.00. The van der Waals surface area contributed by atoms with Crippen molar-refractivity contribution in [2.75, 3.05) is 26.7 Å². The molecule has 1 aliphatic heterocycles. The second kappa shape index (κ2) is 18.4. The number of rotatable bonds is 12. The van der Waals surface area contributed by atoms with Gasteiger partial charge in [0.25, 0.3) is 0 Å². The summed E-state index contributed by atoms with van der Waals surface area (Å²) in [5, 5.41) is 29.2. The van der Waals surface area contributed by atoms with Crippen LogP contribution in [0.3, 0.4) is 0 Å². The summed E-state index contributed by atoms with van der Waals surface area (Å²) in [7, 11) is 1.51. The summed E-state index contributed by atoms with van der Waals surface area (Å²) in [6.07, 6.45) is 9.91. The molecule has 1 fully saturated rings. The molecule has 2 aromatic carbocycles. The van der Waals surface area contributed by atoms with E-state index < -0.39 is 12.0 Å². The normalized spacial score (nSPS) is 25.1. The first-order valence-electron chi connectivity index (χ1n) is 19.0. The summed E-state index contributed by atoms with van der Waals surface area (Å²) in [5.41, 5.74) is 10.1. The molecule has 7 atom stereocenters. The lowest BCUT2D eigenvalue weighted by Gasteiger charge is -2.33. The van der Waals surface area contributed by atoms with Gasteiger partial charge in [-0.05, 0) is 110 Å². The van der Waals surface area contributed by atoms with Crippen LogP contribution in [0.5, 0.6) is 11.5 Å². The van der Waals surface area contributed by atoms with Crippen LogP contribution < -0.4 is 21.1 Å². The molecule has 0 aromatic heterocycles. The van der Waals surface area contributed by atoms with E-state index in [9.17, 15) is 19.8 Å². The van der Waals surface area contributed by atoms with Gasteiger partial charge in [0.1, 0.15) is 11.6 Å². The Balaban J connectivity index is 1.61. The minimum absolute atomic E-state index is 0.0166. The third-order valence-corrected chi connectivity index (χ3v) is 11.1. The number of phenolic OH excluding ortho intramolecular Hbond substituents is 1. The summed E-state index contributed by atoms with van der Waals surface area (Å²) in [6, 6.07) is 13.6. The van der Waals surface area contributed by atoms with Crippen molar-refractivity contribution in [1.82, 2.24) is 10.6 Å². The van der Waals surface area contributed by atoms with E-state index >= 15 is 0 Å². The lowest BCUT2D eigenvalue weighted by atomic mass is 9.74. The second-order valence-electron chi connectivity index (χ2n) is 14.8. The number of aliphatic hydroxyl groups is 1. The van der Waals surface area contributed by atoms with Gasteiger partial charge in [-0.3, -0.25) is 9.59 Å². The molecule has 6 N–H and O–H groups in total. The zero-order chi connectivity index (χ0) is 36.3.